The highest BCUT2D eigenvalue weighted by Crippen LogP contribution is 2.39. The fraction of sp³-hybridized carbons (Fsp3) is 0.571. The third kappa shape index (κ3) is 1.83. The highest BCUT2D eigenvalue weighted by atomic mass is 32.1. The molecule has 100 valence electrons. The number of rotatable bonds is 1. The smallest absolute Gasteiger partial charge is 0.141 e. The summed E-state index contributed by atoms with van der Waals surface area (Å²) in [6.45, 7) is 4.64. The van der Waals surface area contributed by atoms with E-state index in [0.29, 0.717) is 0 Å². The average molecular weight is 275 g/mol. The molecular weight excluding hydrogens is 256 g/mol. The Morgan fingerprint density at radius 2 is 2.05 bits per heavy atom. The van der Waals surface area contributed by atoms with Gasteiger partial charge in [0.15, 0.2) is 0 Å². The van der Waals surface area contributed by atoms with Crippen LogP contribution in [0.25, 0.3) is 10.2 Å². The van der Waals surface area contributed by atoms with Crippen LogP contribution in [0.5, 0.6) is 0 Å². The van der Waals surface area contributed by atoms with Gasteiger partial charge in [0.2, 0.25) is 0 Å². The van der Waals surface area contributed by atoms with E-state index in [4.69, 9.17) is 0 Å². The largest absolute Gasteiger partial charge is 0.345 e. The topological polar surface area (TPSA) is 33.5 Å². The molecule has 0 saturated carbocycles. The first kappa shape index (κ1) is 11.6. The van der Waals surface area contributed by atoms with Crippen molar-refractivity contribution in [2.45, 2.75) is 19.3 Å². The molecule has 1 fully saturated rings. The van der Waals surface area contributed by atoms with E-state index in [1.54, 1.807) is 21.7 Å². The van der Waals surface area contributed by atoms with Crippen LogP contribution < -0.4 is 9.80 Å². The van der Waals surface area contributed by atoms with Gasteiger partial charge in [-0.15, -0.1) is 11.3 Å². The summed E-state index contributed by atoms with van der Waals surface area (Å²) >= 11 is 1.88. The van der Waals surface area contributed by atoms with Crippen LogP contribution >= 0.6 is 11.3 Å². The number of likely N-dealkylation sites (N-methyl/N-ethyl adjacent to an activating group) is 1. The molecule has 0 aromatic carbocycles. The van der Waals surface area contributed by atoms with Crippen LogP contribution in [0.1, 0.15) is 16.9 Å². The lowest BCUT2D eigenvalue weighted by atomic mass is 10.1. The molecule has 2 aromatic heterocycles. The van der Waals surface area contributed by atoms with Crippen LogP contribution in [0.3, 0.4) is 0 Å². The summed E-state index contributed by atoms with van der Waals surface area (Å²) in [5.74, 6) is 1.19. The van der Waals surface area contributed by atoms with Crippen LogP contribution in [-0.2, 0) is 12.8 Å². The third-order valence-electron chi connectivity index (χ3n) is 4.40. The van der Waals surface area contributed by atoms with Gasteiger partial charge in [0, 0.05) is 4.88 Å². The number of quaternary nitrogens is 1. The van der Waals surface area contributed by atoms with Crippen LogP contribution in [0.2, 0.25) is 0 Å². The van der Waals surface area contributed by atoms with Gasteiger partial charge in [-0.2, -0.15) is 0 Å². The number of nitrogens with zero attached hydrogens (tertiary/aromatic N) is 3. The first-order chi connectivity index (χ1) is 9.33. The number of piperazine rings is 1. The Labute approximate surface area is 117 Å². The van der Waals surface area contributed by atoms with Crippen molar-refractivity contribution in [3.63, 3.8) is 0 Å². The van der Waals surface area contributed by atoms with Crippen molar-refractivity contribution in [3.05, 3.63) is 16.8 Å². The molecule has 2 aromatic rings. The zero-order valence-corrected chi connectivity index (χ0v) is 12.1. The molecule has 0 radical (unpaired) electrons. The fourth-order valence-electron chi connectivity index (χ4n) is 3.25. The maximum atomic E-state index is 4.62. The van der Waals surface area contributed by atoms with E-state index in [-0.39, 0.29) is 0 Å². The van der Waals surface area contributed by atoms with E-state index < -0.39 is 0 Å². The van der Waals surface area contributed by atoms with E-state index in [0.717, 1.165) is 13.1 Å². The van der Waals surface area contributed by atoms with Gasteiger partial charge in [-0.25, -0.2) is 9.97 Å². The van der Waals surface area contributed by atoms with Gasteiger partial charge in [-0.05, 0) is 24.8 Å². The summed E-state index contributed by atoms with van der Waals surface area (Å²) in [7, 11) is 2.27. The number of anilines is 1. The van der Waals surface area contributed by atoms with Gasteiger partial charge in [-0.3, -0.25) is 0 Å². The van der Waals surface area contributed by atoms with Crippen LogP contribution in [-0.4, -0.2) is 43.2 Å². The summed E-state index contributed by atoms with van der Waals surface area (Å²) < 4.78 is 0. The summed E-state index contributed by atoms with van der Waals surface area (Å²) in [6.07, 6.45) is 5.50. The number of hydrogen-bond acceptors (Lipinski definition) is 4. The Balaban J connectivity index is 1.81. The first-order valence-corrected chi connectivity index (χ1v) is 7.96. The molecule has 0 unspecified atom stereocenters. The van der Waals surface area contributed by atoms with Gasteiger partial charge < -0.3 is 9.80 Å². The Kier molecular flexibility index (Phi) is 2.70. The van der Waals surface area contributed by atoms with Gasteiger partial charge in [0.1, 0.15) is 17.0 Å². The predicted octanol–water partition coefficient (Wildman–Crippen LogP) is 0.515. The van der Waals surface area contributed by atoms with E-state index in [2.05, 4.69) is 21.9 Å². The maximum Gasteiger partial charge on any atom is 0.141 e. The zero-order chi connectivity index (χ0) is 12.8. The monoisotopic (exact) mass is 275 g/mol. The summed E-state index contributed by atoms with van der Waals surface area (Å²) in [5.41, 5.74) is 1.54. The molecule has 19 heavy (non-hydrogen) atoms. The molecule has 0 amide bonds. The molecule has 1 N–H and O–H groups in total. The van der Waals surface area contributed by atoms with Gasteiger partial charge in [-0.1, -0.05) is 0 Å². The van der Waals surface area contributed by atoms with Crippen molar-refractivity contribution in [3.8, 4) is 0 Å². The lowest BCUT2D eigenvalue weighted by Crippen LogP contribution is -3.12. The highest BCUT2D eigenvalue weighted by molar-refractivity contribution is 7.19. The predicted molar refractivity (Wildman–Crippen MR) is 78.3 cm³/mol. The minimum absolute atomic E-state index is 1.11. The van der Waals surface area contributed by atoms with Crippen LogP contribution in [0, 0.1) is 0 Å². The summed E-state index contributed by atoms with van der Waals surface area (Å²) in [6, 6.07) is 0. The molecule has 0 atom stereocenters. The van der Waals surface area contributed by atoms with Crippen molar-refractivity contribution >= 4 is 27.4 Å². The second-order valence-electron chi connectivity index (χ2n) is 5.68. The van der Waals surface area contributed by atoms with Gasteiger partial charge >= 0.3 is 0 Å². The minimum atomic E-state index is 1.11. The number of thiophene rings is 1. The molecule has 2 aliphatic rings. The summed E-state index contributed by atoms with van der Waals surface area (Å²) in [5, 5.41) is 1.36. The number of aryl methyl sites for hydroxylation is 2. The van der Waals surface area contributed by atoms with E-state index in [1.165, 1.54) is 48.4 Å². The van der Waals surface area contributed by atoms with E-state index >= 15 is 0 Å². The fourth-order valence-corrected chi connectivity index (χ4v) is 4.48. The molecule has 4 rings (SSSR count). The molecular formula is C14H19N4S+. The lowest BCUT2D eigenvalue weighted by Gasteiger charge is -2.31. The Bertz CT molecular complexity index is 613. The Morgan fingerprint density at radius 3 is 2.89 bits per heavy atom. The van der Waals surface area contributed by atoms with Gasteiger partial charge in [0.05, 0.1) is 38.6 Å². The van der Waals surface area contributed by atoms with Crippen molar-refractivity contribution in [2.24, 2.45) is 0 Å². The first-order valence-electron chi connectivity index (χ1n) is 7.14. The maximum absolute atomic E-state index is 4.62. The van der Waals surface area contributed by atoms with Crippen LogP contribution in [0.15, 0.2) is 6.33 Å². The number of hydrogen-bond donors (Lipinski definition) is 1. The molecule has 3 heterocycles. The van der Waals surface area contributed by atoms with Crippen LogP contribution in [0.4, 0.5) is 5.82 Å². The van der Waals surface area contributed by atoms with Gasteiger partial charge in [0.25, 0.3) is 0 Å². The van der Waals surface area contributed by atoms with Crippen molar-refractivity contribution in [1.29, 1.82) is 0 Å². The van der Waals surface area contributed by atoms with E-state index in [9.17, 15) is 0 Å². The van der Waals surface area contributed by atoms with Crippen molar-refractivity contribution < 1.29 is 4.90 Å². The molecule has 5 heteroatoms. The molecule has 4 nitrogen and oxygen atoms in total. The second-order valence-corrected chi connectivity index (χ2v) is 6.76. The third-order valence-corrected chi connectivity index (χ3v) is 5.60. The quantitative estimate of drug-likeness (QED) is 0.823. The summed E-state index contributed by atoms with van der Waals surface area (Å²) in [4.78, 5) is 15.9. The average Bonchev–Trinajstić information content (AvgIpc) is 2.99. The number of fused-ring (bicyclic) bond motifs is 3. The molecule has 1 aliphatic heterocycles. The van der Waals surface area contributed by atoms with E-state index in [1.807, 2.05) is 11.3 Å². The van der Waals surface area contributed by atoms with Crippen molar-refractivity contribution in [2.75, 3.05) is 38.1 Å². The Hall–Kier alpha value is -1.20. The molecule has 0 spiro atoms. The minimum Gasteiger partial charge on any atom is -0.345 e. The lowest BCUT2D eigenvalue weighted by molar-refractivity contribution is -0.880. The van der Waals surface area contributed by atoms with Crippen molar-refractivity contribution in [1.82, 2.24) is 9.97 Å². The SMILES string of the molecule is C[NH+]1CCN(c2ncnc3sc4c(c23)CCC4)CC1. The Morgan fingerprint density at radius 1 is 1.21 bits per heavy atom. The highest BCUT2D eigenvalue weighted by Gasteiger charge is 2.25. The number of nitrogens with one attached hydrogen (secondary N) is 1. The molecule has 0 bridgehead atoms. The zero-order valence-electron chi connectivity index (χ0n) is 11.3. The molecule has 1 aliphatic carbocycles. The second kappa shape index (κ2) is 4.42. The normalized spacial score (nSPS) is 20.2. The molecule has 1 saturated heterocycles. The number of aromatic nitrogens is 2. The standard InChI is InChI=1S/C14H18N4S/c1-17-5-7-18(8-6-17)13-12-10-3-2-4-11(10)19-14(12)16-9-15-13/h9H,2-8H2,1H3/p+1.